The van der Waals surface area contributed by atoms with E-state index in [1.165, 1.54) is 6.92 Å². The Bertz CT molecular complexity index is 6510. The molecule has 0 aliphatic carbocycles. The first kappa shape index (κ1) is 54.0. The number of hydrogen-bond donors (Lipinski definition) is 0. The molecule has 0 aliphatic rings. The number of aryl methyl sites for hydroxylation is 13. The van der Waals surface area contributed by atoms with Crippen molar-refractivity contribution in [3.63, 3.8) is 0 Å². The second kappa shape index (κ2) is 29.8. The molecule has 0 N–H and O–H groups in total. The maximum absolute atomic E-state index is 8.26. The Morgan fingerprint density at radius 1 is 0.371 bits per heavy atom. The summed E-state index contributed by atoms with van der Waals surface area (Å²) in [7, 11) is 7.67. The largest absolute Gasteiger partial charge is 0.437 e. The fourth-order valence-corrected chi connectivity index (χ4v) is 14.0. The van der Waals surface area contributed by atoms with Gasteiger partial charge in [0, 0.05) is 141 Å². The van der Waals surface area contributed by atoms with E-state index in [0.29, 0.717) is 39.8 Å². The average molecular weight is 1410 g/mol. The molecule has 1 unspecified atom stereocenters. The molecule has 0 amide bonds. The number of furan rings is 4. The standard InChI is InChI=1S/2C24H27N2O.C23H25N2O.C22H23N2O/c1-7-16-9-12-19(26(6)14-16)21-15(2)8-10-17-18-11-13-20(24(3,4)5)25-23(18)27-22(17)21;1-6-17-8-12-21(26(5)14-17)22-16(4)7-10-19-20-11-9-18(13-15(2)3)25-24(20)27-23(19)22;1-6-16-8-12-20(25(5)13-16)21-15(4)7-9-17-18-10-11-19(14(2)3)24-23(18)26-22(17)21;1-5-15-8-12-19(24(4)13-15)20-14(3)7-10-17-18-11-9-16(6-2)23-22(18)25-21(17)20/h8-14H,7H2,1-6H3;7-12,14-15H,6,13H2,1-5H3;7-14H,6H2,1-5H3;7-13H,5-6H2,1-4H3/q4*+1/i1D3;1D3,2D3,15D;1D3,14D;1D3. The van der Waals surface area contributed by atoms with Crippen LogP contribution in [-0.4, -0.2) is 19.9 Å². The molecular formula is C93H102N8O4+4. The minimum absolute atomic E-state index is 0.00714. The van der Waals surface area contributed by atoms with Crippen molar-refractivity contribution >= 4 is 88.3 Å². The fourth-order valence-electron chi connectivity index (χ4n) is 14.0. The van der Waals surface area contributed by atoms with E-state index in [1.807, 2.05) is 176 Å². The molecule has 4 aromatic carbocycles. The summed E-state index contributed by atoms with van der Waals surface area (Å²) >= 11 is 0. The zero-order valence-corrected chi connectivity index (χ0v) is 62.6. The summed E-state index contributed by atoms with van der Waals surface area (Å²) in [6.45, 7) is 11.2. The molecular weight excluding hydrogens is 1290 g/mol. The summed E-state index contributed by atoms with van der Waals surface area (Å²) in [6.07, 6.45) is 8.42. The quantitative estimate of drug-likeness (QED) is 0.111. The Morgan fingerprint density at radius 2 is 0.686 bits per heavy atom. The molecule has 16 rings (SSSR count). The highest BCUT2D eigenvalue weighted by Crippen LogP contribution is 2.42. The number of benzene rings is 4. The minimum Gasteiger partial charge on any atom is -0.437 e. The van der Waals surface area contributed by atoms with Gasteiger partial charge < -0.3 is 17.7 Å². The Balaban J connectivity index is 0.000000140. The first-order chi connectivity index (χ1) is 56.8. The summed E-state index contributed by atoms with van der Waals surface area (Å²) < 4.78 is 162. The third-order valence-corrected chi connectivity index (χ3v) is 19.7. The van der Waals surface area contributed by atoms with Crippen LogP contribution < -0.4 is 18.3 Å². The first-order valence-corrected chi connectivity index (χ1v) is 35.6. The highest BCUT2D eigenvalue weighted by molar-refractivity contribution is 6.12. The van der Waals surface area contributed by atoms with Gasteiger partial charge in [0.1, 0.15) is 28.2 Å². The molecule has 0 bridgehead atoms. The lowest BCUT2D eigenvalue weighted by Gasteiger charge is -2.16. The molecule has 16 aromatic rings. The van der Waals surface area contributed by atoms with Crippen LogP contribution in [0.25, 0.3) is 133 Å². The van der Waals surface area contributed by atoms with Gasteiger partial charge in [-0.05, 0) is 173 Å². The lowest BCUT2D eigenvalue weighted by Crippen LogP contribution is -2.31. The van der Waals surface area contributed by atoms with E-state index in [2.05, 4.69) is 105 Å². The van der Waals surface area contributed by atoms with Crippen LogP contribution in [-0.2, 0) is 72.1 Å². The third-order valence-electron chi connectivity index (χ3n) is 19.7. The normalized spacial score (nSPS) is 15.5. The van der Waals surface area contributed by atoms with Crippen LogP contribution in [0.3, 0.4) is 0 Å². The van der Waals surface area contributed by atoms with Gasteiger partial charge in [-0.2, -0.15) is 0 Å². The van der Waals surface area contributed by atoms with Crippen LogP contribution >= 0.6 is 0 Å². The van der Waals surface area contributed by atoms with Gasteiger partial charge in [-0.3, -0.25) is 0 Å². The van der Waals surface area contributed by atoms with Crippen molar-refractivity contribution in [2.45, 2.75) is 160 Å². The topological polar surface area (TPSA) is 120 Å². The highest BCUT2D eigenvalue weighted by atomic mass is 16.4. The third kappa shape index (κ3) is 14.3. The average Bonchev–Trinajstić information content (AvgIpc) is 1.61. The first-order valence-electron chi connectivity index (χ1n) is 44.1. The summed E-state index contributed by atoms with van der Waals surface area (Å²) in [5, 5.41) is 7.66. The predicted molar refractivity (Wildman–Crippen MR) is 430 cm³/mol. The van der Waals surface area contributed by atoms with E-state index < -0.39 is 46.0 Å². The lowest BCUT2D eigenvalue weighted by molar-refractivity contribution is -0.660. The lowest BCUT2D eigenvalue weighted by atomic mass is 9.91. The van der Waals surface area contributed by atoms with Gasteiger partial charge in [-0.25, -0.2) is 38.2 Å². The van der Waals surface area contributed by atoms with Crippen molar-refractivity contribution in [2.24, 2.45) is 34.1 Å². The van der Waals surface area contributed by atoms with Crippen molar-refractivity contribution in [2.75, 3.05) is 0 Å². The van der Waals surface area contributed by atoms with Crippen molar-refractivity contribution < 1.29 is 59.2 Å². The Morgan fingerprint density at radius 3 is 1.01 bits per heavy atom. The molecule has 534 valence electrons. The number of aromatic nitrogens is 8. The maximum atomic E-state index is 8.26. The predicted octanol–water partition coefficient (Wildman–Crippen LogP) is 21.6. The van der Waals surface area contributed by atoms with Gasteiger partial charge in [0.05, 0.1) is 22.3 Å². The summed E-state index contributed by atoms with van der Waals surface area (Å²) in [6, 6.07) is 47.4. The summed E-state index contributed by atoms with van der Waals surface area (Å²) in [5.74, 6) is -2.47. The molecule has 0 saturated heterocycles. The van der Waals surface area contributed by atoms with Gasteiger partial charge >= 0.3 is 0 Å². The van der Waals surface area contributed by atoms with E-state index in [1.54, 1.807) is 19.9 Å². The SMILES string of the molecule is [2H]C([2H])([2H])Cc1ccc(-c2c(C)ccc3c2oc2nc(C(C)(C)C)ccc23)[n+](C)c1.[2H]C([2H])([2H])Cc1ccc(-c2c(C)ccc3c2oc2nc(C([2H])(C)C)ccc23)[n+](C)c1.[2H]C([2H])([2H])Cc1ccc(-c2c(C)ccc3c2oc2nc(CC([2H])(C)C([2H])([2H])[2H])ccc23)[n+](C)c1.[2H]C([2H])([2H])Cc1ccc(-c2c(C)ccc3c2oc2nc(CC)ccc23)[n+](C)c1. The smallest absolute Gasteiger partial charge is 0.227 e. The Hall–Kier alpha value is -10.7. The van der Waals surface area contributed by atoms with Crippen molar-refractivity contribution in [1.82, 2.24) is 19.9 Å². The summed E-state index contributed by atoms with van der Waals surface area (Å²) in [5.41, 5.74) is 23.2. The van der Waals surface area contributed by atoms with Crippen LogP contribution in [0.15, 0.2) is 188 Å². The molecule has 0 aliphatic heterocycles. The van der Waals surface area contributed by atoms with Crippen LogP contribution in [0, 0.1) is 33.6 Å². The van der Waals surface area contributed by atoms with E-state index in [4.69, 9.17) is 46.0 Å². The molecule has 12 heteroatoms. The fraction of sp³-hybridized carbons (Fsp3) is 0.312. The van der Waals surface area contributed by atoms with Gasteiger partial charge in [0.15, 0.2) is 47.1 Å². The molecule has 0 radical (unpaired) electrons. The Kier molecular flexibility index (Phi) is 15.3. The molecule has 12 heterocycles. The number of nitrogens with zero attached hydrogens (tertiary/aromatic N) is 8. The monoisotopic (exact) mass is 1410 g/mol. The molecule has 12 nitrogen and oxygen atoms in total. The van der Waals surface area contributed by atoms with Crippen molar-refractivity contribution in [1.29, 1.82) is 0 Å². The zero-order valence-electron chi connectivity index (χ0n) is 79.6. The van der Waals surface area contributed by atoms with Crippen LogP contribution in [0.4, 0.5) is 0 Å². The highest BCUT2D eigenvalue weighted by Gasteiger charge is 2.27. The second-order valence-corrected chi connectivity index (χ2v) is 28.8. The summed E-state index contributed by atoms with van der Waals surface area (Å²) in [4.78, 5) is 18.6. The number of hydrogen-bond acceptors (Lipinski definition) is 8. The zero-order chi connectivity index (χ0) is 88.8. The van der Waals surface area contributed by atoms with Crippen LogP contribution in [0.5, 0.6) is 0 Å². The number of fused-ring (bicyclic) bond motifs is 12. The minimum atomic E-state index is -2.43. The second-order valence-electron chi connectivity index (χ2n) is 28.8. The van der Waals surface area contributed by atoms with E-state index >= 15 is 0 Å². The Labute approximate surface area is 642 Å². The van der Waals surface area contributed by atoms with Crippen molar-refractivity contribution in [3.8, 4) is 45.0 Å². The number of rotatable bonds is 12. The van der Waals surface area contributed by atoms with Crippen LogP contribution in [0.2, 0.25) is 0 Å². The maximum Gasteiger partial charge on any atom is 0.227 e. The van der Waals surface area contributed by atoms with Gasteiger partial charge in [-0.1, -0.05) is 131 Å². The molecule has 0 saturated carbocycles. The van der Waals surface area contributed by atoms with Gasteiger partial charge in [-0.15, -0.1) is 0 Å². The van der Waals surface area contributed by atoms with E-state index in [0.717, 1.165) is 167 Å². The molecule has 12 aromatic heterocycles. The molecule has 1 atom stereocenters. The van der Waals surface area contributed by atoms with Gasteiger partial charge in [0.25, 0.3) is 0 Å². The molecule has 105 heavy (non-hydrogen) atoms. The van der Waals surface area contributed by atoms with E-state index in [9.17, 15) is 0 Å². The molecule has 0 fully saturated rings. The van der Waals surface area contributed by atoms with Gasteiger partial charge in [0.2, 0.25) is 45.6 Å². The number of pyridine rings is 8. The molecule has 0 spiro atoms. The van der Waals surface area contributed by atoms with E-state index in [-0.39, 0.29) is 37.5 Å². The van der Waals surface area contributed by atoms with Crippen molar-refractivity contribution in [3.05, 3.63) is 238 Å². The van der Waals surface area contributed by atoms with Crippen LogP contribution in [0.1, 0.15) is 179 Å².